The van der Waals surface area contributed by atoms with Gasteiger partial charge in [-0.15, -0.1) is 0 Å². The van der Waals surface area contributed by atoms with E-state index in [4.69, 9.17) is 4.74 Å². The van der Waals surface area contributed by atoms with Crippen LogP contribution in [0.4, 0.5) is 10.6 Å². The fourth-order valence-corrected chi connectivity index (χ4v) is 2.52. The molecule has 8 heteroatoms. The van der Waals surface area contributed by atoms with Gasteiger partial charge in [-0.2, -0.15) is 0 Å². The number of urea groups is 1. The van der Waals surface area contributed by atoms with Gasteiger partial charge in [0, 0.05) is 27.1 Å². The molecule has 1 unspecified atom stereocenters. The SMILES string of the molecule is CCOC(=O)CCCCN1C(=O)N(C)c2ncn(C)c2C1O. The Balaban J connectivity index is 1.96. The van der Waals surface area contributed by atoms with Gasteiger partial charge < -0.3 is 14.4 Å². The van der Waals surface area contributed by atoms with Crippen LogP contribution in [-0.4, -0.2) is 51.8 Å². The van der Waals surface area contributed by atoms with E-state index in [0.717, 1.165) is 0 Å². The lowest BCUT2D eigenvalue weighted by Crippen LogP contribution is -2.48. The zero-order valence-electron chi connectivity index (χ0n) is 13.2. The molecule has 22 heavy (non-hydrogen) atoms. The number of carbonyl (C=O) groups excluding carboxylic acids is 2. The van der Waals surface area contributed by atoms with Gasteiger partial charge in [-0.25, -0.2) is 9.78 Å². The minimum absolute atomic E-state index is 0.237. The molecule has 1 aliphatic heterocycles. The van der Waals surface area contributed by atoms with E-state index in [0.29, 0.717) is 43.9 Å². The number of ether oxygens (including phenoxy) is 1. The van der Waals surface area contributed by atoms with Crippen LogP contribution in [0, 0.1) is 0 Å². The van der Waals surface area contributed by atoms with Crippen LogP contribution in [0.5, 0.6) is 0 Å². The van der Waals surface area contributed by atoms with Crippen molar-refractivity contribution in [3.05, 3.63) is 12.0 Å². The largest absolute Gasteiger partial charge is 0.466 e. The number of carbonyl (C=O) groups is 2. The van der Waals surface area contributed by atoms with Crippen molar-refractivity contribution in [1.29, 1.82) is 0 Å². The fourth-order valence-electron chi connectivity index (χ4n) is 2.52. The Labute approximate surface area is 129 Å². The summed E-state index contributed by atoms with van der Waals surface area (Å²) in [5.74, 6) is 0.238. The molecule has 8 nitrogen and oxygen atoms in total. The fraction of sp³-hybridized carbons (Fsp3) is 0.643. The standard InChI is InChI=1S/C14H22N4O4/c1-4-22-10(19)7-5-6-8-18-13(20)11-12(15-9-16(11)2)17(3)14(18)21/h9,13,20H,4-8H2,1-3H3. The Morgan fingerprint density at radius 1 is 1.41 bits per heavy atom. The molecular formula is C14H22N4O4. The van der Waals surface area contributed by atoms with Crippen molar-refractivity contribution < 1.29 is 19.4 Å². The van der Waals surface area contributed by atoms with Crippen LogP contribution in [0.1, 0.15) is 38.1 Å². The molecule has 2 rings (SSSR count). The first-order valence-electron chi connectivity index (χ1n) is 7.36. The van der Waals surface area contributed by atoms with Crippen molar-refractivity contribution in [3.63, 3.8) is 0 Å². The van der Waals surface area contributed by atoms with Crippen molar-refractivity contribution in [2.24, 2.45) is 7.05 Å². The second-order valence-corrected chi connectivity index (χ2v) is 5.24. The van der Waals surface area contributed by atoms with Crippen molar-refractivity contribution >= 4 is 17.8 Å². The normalized spacial score (nSPS) is 17.6. The topological polar surface area (TPSA) is 87.9 Å². The maximum atomic E-state index is 12.3. The number of aliphatic hydroxyl groups is 1. The zero-order valence-corrected chi connectivity index (χ0v) is 13.2. The zero-order chi connectivity index (χ0) is 16.3. The van der Waals surface area contributed by atoms with Crippen LogP contribution in [-0.2, 0) is 16.6 Å². The summed E-state index contributed by atoms with van der Waals surface area (Å²) in [6.45, 7) is 2.51. The Bertz CT molecular complexity index is 557. The number of imidazole rings is 1. The van der Waals surface area contributed by atoms with Gasteiger partial charge in [-0.3, -0.25) is 14.6 Å². The van der Waals surface area contributed by atoms with Gasteiger partial charge in [0.1, 0.15) is 5.69 Å². The second kappa shape index (κ2) is 6.78. The number of anilines is 1. The Kier molecular flexibility index (Phi) is 5.02. The van der Waals surface area contributed by atoms with Crippen LogP contribution in [0.15, 0.2) is 6.33 Å². The first-order valence-corrected chi connectivity index (χ1v) is 7.36. The summed E-state index contributed by atoms with van der Waals surface area (Å²) in [6.07, 6.45) is 2.09. The lowest BCUT2D eigenvalue weighted by Gasteiger charge is -2.36. The predicted octanol–water partition coefficient (Wildman–Crippen LogP) is 1.02. The van der Waals surface area contributed by atoms with Gasteiger partial charge in [0.15, 0.2) is 12.0 Å². The monoisotopic (exact) mass is 310 g/mol. The molecule has 1 aromatic rings. The van der Waals surface area contributed by atoms with E-state index in [1.165, 1.54) is 9.80 Å². The number of aryl methyl sites for hydroxylation is 1. The van der Waals surface area contributed by atoms with Crippen molar-refractivity contribution in [2.75, 3.05) is 25.1 Å². The van der Waals surface area contributed by atoms with Gasteiger partial charge in [0.25, 0.3) is 0 Å². The third kappa shape index (κ3) is 3.06. The van der Waals surface area contributed by atoms with E-state index in [9.17, 15) is 14.7 Å². The first-order chi connectivity index (χ1) is 10.5. The second-order valence-electron chi connectivity index (χ2n) is 5.24. The van der Waals surface area contributed by atoms with Gasteiger partial charge in [0.2, 0.25) is 0 Å². The number of amides is 2. The number of aliphatic hydroxyl groups excluding tert-OH is 1. The van der Waals surface area contributed by atoms with Gasteiger partial charge in [-0.1, -0.05) is 0 Å². The maximum Gasteiger partial charge on any atom is 0.327 e. The van der Waals surface area contributed by atoms with E-state index in [-0.39, 0.29) is 12.0 Å². The molecule has 0 aromatic carbocycles. The number of fused-ring (bicyclic) bond motifs is 1. The summed E-state index contributed by atoms with van der Waals surface area (Å²) in [7, 11) is 3.41. The van der Waals surface area contributed by atoms with E-state index in [1.54, 1.807) is 31.9 Å². The number of rotatable bonds is 6. The summed E-state index contributed by atoms with van der Waals surface area (Å²) < 4.78 is 6.56. The van der Waals surface area contributed by atoms with Crippen LogP contribution in [0.25, 0.3) is 0 Å². The molecule has 0 bridgehead atoms. The van der Waals surface area contributed by atoms with Crippen molar-refractivity contribution in [2.45, 2.75) is 32.4 Å². The summed E-state index contributed by atoms with van der Waals surface area (Å²) in [4.78, 5) is 30.5. The van der Waals surface area contributed by atoms with Crippen LogP contribution >= 0.6 is 0 Å². The van der Waals surface area contributed by atoms with Gasteiger partial charge in [-0.05, 0) is 19.8 Å². The van der Waals surface area contributed by atoms with Crippen LogP contribution in [0.2, 0.25) is 0 Å². The van der Waals surface area contributed by atoms with Crippen molar-refractivity contribution in [3.8, 4) is 0 Å². The molecule has 0 fully saturated rings. The number of hydrogen-bond donors (Lipinski definition) is 1. The molecule has 2 heterocycles. The van der Waals surface area contributed by atoms with E-state index >= 15 is 0 Å². The molecule has 1 aromatic heterocycles. The number of unbranched alkanes of at least 4 members (excludes halogenated alkanes) is 1. The highest BCUT2D eigenvalue weighted by Gasteiger charge is 2.37. The highest BCUT2D eigenvalue weighted by molar-refractivity contribution is 5.93. The predicted molar refractivity (Wildman–Crippen MR) is 79.2 cm³/mol. The summed E-state index contributed by atoms with van der Waals surface area (Å²) >= 11 is 0. The highest BCUT2D eigenvalue weighted by Crippen LogP contribution is 2.32. The number of aromatic nitrogens is 2. The smallest absolute Gasteiger partial charge is 0.327 e. The number of esters is 1. The van der Waals surface area contributed by atoms with Gasteiger partial charge in [0.05, 0.1) is 12.9 Å². The summed E-state index contributed by atoms with van der Waals surface area (Å²) in [5, 5.41) is 10.4. The summed E-state index contributed by atoms with van der Waals surface area (Å²) in [5.41, 5.74) is 0.590. The maximum absolute atomic E-state index is 12.3. The molecule has 1 aliphatic rings. The molecule has 122 valence electrons. The molecule has 1 atom stereocenters. The third-order valence-electron chi connectivity index (χ3n) is 3.69. The molecule has 0 spiro atoms. The third-order valence-corrected chi connectivity index (χ3v) is 3.69. The quantitative estimate of drug-likeness (QED) is 0.626. The number of nitrogens with zero attached hydrogens (tertiary/aromatic N) is 4. The first kappa shape index (κ1) is 16.3. The molecule has 0 aliphatic carbocycles. The van der Waals surface area contributed by atoms with E-state index in [1.807, 2.05) is 0 Å². The van der Waals surface area contributed by atoms with Crippen molar-refractivity contribution in [1.82, 2.24) is 14.5 Å². The highest BCUT2D eigenvalue weighted by atomic mass is 16.5. The minimum Gasteiger partial charge on any atom is -0.466 e. The molecule has 1 N–H and O–H groups in total. The average Bonchev–Trinajstić information content (AvgIpc) is 2.86. The Morgan fingerprint density at radius 2 is 2.14 bits per heavy atom. The van der Waals surface area contributed by atoms with Crippen LogP contribution in [0.3, 0.4) is 0 Å². The van der Waals surface area contributed by atoms with E-state index in [2.05, 4.69) is 4.98 Å². The molecule has 2 amide bonds. The number of hydrogen-bond acceptors (Lipinski definition) is 5. The lowest BCUT2D eigenvalue weighted by molar-refractivity contribution is -0.143. The lowest BCUT2D eigenvalue weighted by atomic mass is 10.2. The summed E-state index contributed by atoms with van der Waals surface area (Å²) in [6, 6.07) is -0.296. The Morgan fingerprint density at radius 3 is 2.82 bits per heavy atom. The molecule has 0 radical (unpaired) electrons. The molecule has 0 saturated carbocycles. The minimum atomic E-state index is -1.02. The molecular weight excluding hydrogens is 288 g/mol. The van der Waals surface area contributed by atoms with Crippen LogP contribution < -0.4 is 4.90 Å². The average molecular weight is 310 g/mol. The Hall–Kier alpha value is -2.09. The van der Waals surface area contributed by atoms with E-state index < -0.39 is 6.23 Å². The van der Waals surface area contributed by atoms with Gasteiger partial charge >= 0.3 is 12.0 Å². The molecule has 0 saturated heterocycles.